The fourth-order valence-electron chi connectivity index (χ4n) is 2.18. The molecule has 3 aromatic rings. The van der Waals surface area contributed by atoms with E-state index in [4.69, 9.17) is 0 Å². The van der Waals surface area contributed by atoms with Gasteiger partial charge in [-0.2, -0.15) is 5.10 Å². The molecule has 0 aliphatic carbocycles. The van der Waals surface area contributed by atoms with Crippen LogP contribution in [0.1, 0.15) is 12.5 Å². The number of hydrogen-bond donors (Lipinski definition) is 1. The molecular weight excluding hydrogens is 270 g/mol. The molecule has 3 heteroatoms. The Kier molecular flexibility index (Phi) is 4.25. The highest BCUT2D eigenvalue weighted by Crippen LogP contribution is 2.14. The molecule has 0 radical (unpaired) electrons. The van der Waals surface area contributed by atoms with Gasteiger partial charge in [-0.15, -0.1) is 0 Å². The van der Waals surface area contributed by atoms with E-state index in [1.165, 1.54) is 0 Å². The van der Waals surface area contributed by atoms with Crippen LogP contribution >= 0.6 is 0 Å². The minimum Gasteiger partial charge on any atom is -0.261 e. The first-order valence-corrected chi connectivity index (χ1v) is 7.19. The van der Waals surface area contributed by atoms with E-state index >= 15 is 0 Å². The molecule has 1 N–H and O–H groups in total. The Labute approximate surface area is 130 Å². The molecule has 0 saturated heterocycles. The normalized spacial score (nSPS) is 12.0. The van der Waals surface area contributed by atoms with Crippen molar-refractivity contribution < 1.29 is 0 Å². The van der Waals surface area contributed by atoms with Crippen molar-refractivity contribution in [2.45, 2.75) is 6.92 Å². The summed E-state index contributed by atoms with van der Waals surface area (Å²) in [5.41, 5.74) is 6.16. The largest absolute Gasteiger partial charge is 0.261 e. The van der Waals surface area contributed by atoms with Gasteiger partial charge in [0.25, 0.3) is 0 Å². The van der Waals surface area contributed by atoms with Gasteiger partial charge in [0.15, 0.2) is 0 Å². The fourth-order valence-corrected chi connectivity index (χ4v) is 2.18. The summed E-state index contributed by atoms with van der Waals surface area (Å²) >= 11 is 0. The Morgan fingerprint density at radius 3 is 2.59 bits per heavy atom. The lowest BCUT2D eigenvalue weighted by Gasteiger charge is -2.01. The average molecular weight is 287 g/mol. The number of rotatable bonds is 4. The molecule has 0 spiro atoms. The number of allylic oxidation sites excluding steroid dienone is 1. The topological polar surface area (TPSA) is 37.3 Å². The molecule has 0 aliphatic rings. The van der Waals surface area contributed by atoms with E-state index in [2.05, 4.69) is 33.7 Å². The van der Waals surface area contributed by atoms with Crippen LogP contribution in [0.15, 0.2) is 77.4 Å². The third-order valence-electron chi connectivity index (χ3n) is 3.24. The summed E-state index contributed by atoms with van der Waals surface area (Å²) < 4.78 is 0. The zero-order chi connectivity index (χ0) is 15.2. The number of hydrazone groups is 1. The standard InChI is InChI=1S/C19H17N3/c1-15(13-16-7-3-2-4-8-16)14-20-22-19-12-11-17-9-5-6-10-18(17)21-19/h2-14H,1H3,(H,21,22)/b15-13+,20-14+. The molecule has 3 rings (SSSR count). The first kappa shape index (κ1) is 14.0. The molecule has 0 bridgehead atoms. The third-order valence-corrected chi connectivity index (χ3v) is 3.24. The summed E-state index contributed by atoms with van der Waals surface area (Å²) in [6, 6.07) is 22.2. The van der Waals surface area contributed by atoms with E-state index in [1.54, 1.807) is 6.21 Å². The van der Waals surface area contributed by atoms with Crippen molar-refractivity contribution in [3.8, 4) is 0 Å². The van der Waals surface area contributed by atoms with Gasteiger partial charge in [-0.05, 0) is 36.3 Å². The second-order valence-corrected chi connectivity index (χ2v) is 5.06. The van der Waals surface area contributed by atoms with Crippen molar-refractivity contribution in [3.63, 3.8) is 0 Å². The summed E-state index contributed by atoms with van der Waals surface area (Å²) in [6.45, 7) is 2.02. The SMILES string of the molecule is CC(/C=N/Nc1ccc2ccccc2n1)=C\c1ccccc1. The van der Waals surface area contributed by atoms with Crippen molar-refractivity contribution in [3.05, 3.63) is 77.9 Å². The maximum Gasteiger partial charge on any atom is 0.146 e. The van der Waals surface area contributed by atoms with Crippen LogP contribution in [0, 0.1) is 0 Å². The van der Waals surface area contributed by atoms with Gasteiger partial charge in [-0.1, -0.05) is 54.6 Å². The second-order valence-electron chi connectivity index (χ2n) is 5.06. The molecule has 1 heterocycles. The zero-order valence-electron chi connectivity index (χ0n) is 12.4. The highest BCUT2D eigenvalue weighted by Gasteiger charge is 1.95. The van der Waals surface area contributed by atoms with Gasteiger partial charge < -0.3 is 0 Å². The predicted molar refractivity (Wildman–Crippen MR) is 94.0 cm³/mol. The first-order chi connectivity index (χ1) is 10.8. The van der Waals surface area contributed by atoms with Gasteiger partial charge in [-0.25, -0.2) is 4.98 Å². The maximum absolute atomic E-state index is 4.51. The highest BCUT2D eigenvalue weighted by molar-refractivity contribution is 5.85. The molecular formula is C19H17N3. The van der Waals surface area contributed by atoms with Crippen LogP contribution < -0.4 is 5.43 Å². The minimum absolute atomic E-state index is 0.738. The molecule has 0 unspecified atom stereocenters. The Morgan fingerprint density at radius 2 is 1.73 bits per heavy atom. The van der Waals surface area contributed by atoms with E-state index in [0.29, 0.717) is 0 Å². The van der Waals surface area contributed by atoms with E-state index < -0.39 is 0 Å². The summed E-state index contributed by atoms with van der Waals surface area (Å²) in [7, 11) is 0. The average Bonchev–Trinajstić information content (AvgIpc) is 2.55. The fraction of sp³-hybridized carbons (Fsp3) is 0.0526. The Morgan fingerprint density at radius 1 is 0.955 bits per heavy atom. The number of nitrogens with zero attached hydrogens (tertiary/aromatic N) is 2. The van der Waals surface area contributed by atoms with E-state index in [0.717, 1.165) is 27.9 Å². The summed E-state index contributed by atoms with van der Waals surface area (Å²) in [4.78, 5) is 4.51. The number of nitrogens with one attached hydrogen (secondary N) is 1. The summed E-state index contributed by atoms with van der Waals surface area (Å²) in [6.07, 6.45) is 3.88. The number of benzene rings is 2. The van der Waals surface area contributed by atoms with Gasteiger partial charge in [0.1, 0.15) is 5.82 Å². The van der Waals surface area contributed by atoms with Gasteiger partial charge in [-0.3, -0.25) is 5.43 Å². The van der Waals surface area contributed by atoms with E-state index in [-0.39, 0.29) is 0 Å². The number of fused-ring (bicyclic) bond motifs is 1. The molecule has 22 heavy (non-hydrogen) atoms. The van der Waals surface area contributed by atoms with Crippen molar-refractivity contribution in [1.29, 1.82) is 0 Å². The van der Waals surface area contributed by atoms with Crippen LogP contribution in [-0.4, -0.2) is 11.2 Å². The molecule has 0 amide bonds. The Bertz CT molecular complexity index is 820. The first-order valence-electron chi connectivity index (χ1n) is 7.19. The third kappa shape index (κ3) is 3.58. The van der Waals surface area contributed by atoms with Crippen molar-refractivity contribution in [1.82, 2.24) is 4.98 Å². The van der Waals surface area contributed by atoms with Crippen LogP contribution in [0.3, 0.4) is 0 Å². The van der Waals surface area contributed by atoms with Crippen LogP contribution in [0.5, 0.6) is 0 Å². The van der Waals surface area contributed by atoms with E-state index in [1.807, 2.05) is 61.5 Å². The smallest absolute Gasteiger partial charge is 0.146 e. The highest BCUT2D eigenvalue weighted by atomic mass is 15.3. The van der Waals surface area contributed by atoms with Gasteiger partial charge in [0, 0.05) is 5.39 Å². The van der Waals surface area contributed by atoms with Crippen LogP contribution in [0.25, 0.3) is 17.0 Å². The lowest BCUT2D eigenvalue weighted by molar-refractivity contribution is 1.26. The van der Waals surface area contributed by atoms with Crippen molar-refractivity contribution in [2.75, 3.05) is 5.43 Å². The van der Waals surface area contributed by atoms with Crippen LogP contribution in [-0.2, 0) is 0 Å². The number of hydrogen-bond acceptors (Lipinski definition) is 3. The second kappa shape index (κ2) is 6.68. The van der Waals surface area contributed by atoms with Gasteiger partial charge in [0.05, 0.1) is 11.7 Å². The molecule has 3 nitrogen and oxygen atoms in total. The molecule has 0 aliphatic heterocycles. The molecule has 0 fully saturated rings. The molecule has 2 aromatic carbocycles. The molecule has 0 saturated carbocycles. The van der Waals surface area contributed by atoms with Crippen molar-refractivity contribution >= 4 is 29.0 Å². The van der Waals surface area contributed by atoms with Crippen molar-refractivity contribution in [2.24, 2.45) is 5.10 Å². The molecule has 108 valence electrons. The Balaban J connectivity index is 1.69. The summed E-state index contributed by atoms with van der Waals surface area (Å²) in [5.74, 6) is 0.738. The number of anilines is 1. The predicted octanol–water partition coefficient (Wildman–Crippen LogP) is 4.74. The monoisotopic (exact) mass is 287 g/mol. The van der Waals surface area contributed by atoms with Crippen LogP contribution in [0.2, 0.25) is 0 Å². The lowest BCUT2D eigenvalue weighted by atomic mass is 10.1. The quantitative estimate of drug-likeness (QED) is 0.556. The number of aromatic nitrogens is 1. The minimum atomic E-state index is 0.738. The van der Waals surface area contributed by atoms with Gasteiger partial charge in [0.2, 0.25) is 0 Å². The lowest BCUT2D eigenvalue weighted by Crippen LogP contribution is -1.93. The molecule has 0 atom stereocenters. The van der Waals surface area contributed by atoms with E-state index in [9.17, 15) is 0 Å². The summed E-state index contributed by atoms with van der Waals surface area (Å²) in [5, 5.41) is 5.36. The number of para-hydroxylation sites is 1. The Hall–Kier alpha value is -2.94. The number of pyridine rings is 1. The van der Waals surface area contributed by atoms with Gasteiger partial charge >= 0.3 is 0 Å². The zero-order valence-corrected chi connectivity index (χ0v) is 12.4. The van der Waals surface area contributed by atoms with Crippen LogP contribution in [0.4, 0.5) is 5.82 Å². The molecule has 1 aromatic heterocycles. The maximum atomic E-state index is 4.51.